The number of amides is 1. The molecule has 0 aromatic carbocycles. The van der Waals surface area contributed by atoms with Crippen LogP contribution >= 0.6 is 0 Å². The Labute approximate surface area is 73.8 Å². The highest BCUT2D eigenvalue weighted by molar-refractivity contribution is 5.74. The van der Waals surface area contributed by atoms with E-state index in [-0.39, 0.29) is 11.9 Å². The number of carbonyl (C=O) groups is 1. The average Bonchev–Trinajstić information content (AvgIpc) is 1.97. The van der Waals surface area contributed by atoms with Crippen LogP contribution in [0, 0.1) is 0 Å². The van der Waals surface area contributed by atoms with Crippen LogP contribution in [-0.4, -0.2) is 11.9 Å². The standard InChI is InChI=1S/C9H18N2O/c1-2-3-4-5-6-8(10)7-9(11)12/h3-4,8H,2,5-7,10H2,1H3,(H2,11,12)/b4-3-. The van der Waals surface area contributed by atoms with Gasteiger partial charge in [0.1, 0.15) is 0 Å². The van der Waals surface area contributed by atoms with E-state index in [1.807, 2.05) is 0 Å². The molecule has 0 aromatic heterocycles. The number of primary amides is 1. The Morgan fingerprint density at radius 1 is 1.50 bits per heavy atom. The second-order valence-electron chi connectivity index (χ2n) is 2.89. The SMILES string of the molecule is CC/C=C\CCC(N)CC(N)=O. The van der Waals surface area contributed by atoms with E-state index >= 15 is 0 Å². The first-order valence-electron chi connectivity index (χ1n) is 4.35. The Morgan fingerprint density at radius 2 is 2.17 bits per heavy atom. The van der Waals surface area contributed by atoms with Gasteiger partial charge < -0.3 is 11.5 Å². The van der Waals surface area contributed by atoms with E-state index in [2.05, 4.69) is 19.1 Å². The maximum absolute atomic E-state index is 10.4. The third kappa shape index (κ3) is 7.28. The molecule has 0 heterocycles. The molecule has 0 saturated carbocycles. The van der Waals surface area contributed by atoms with E-state index in [0.29, 0.717) is 6.42 Å². The minimum Gasteiger partial charge on any atom is -0.370 e. The minimum absolute atomic E-state index is 0.0796. The quantitative estimate of drug-likeness (QED) is 0.582. The van der Waals surface area contributed by atoms with Crippen LogP contribution in [0.5, 0.6) is 0 Å². The Bertz CT molecular complexity index is 155. The first-order chi connectivity index (χ1) is 5.66. The minimum atomic E-state index is -0.318. The normalized spacial score (nSPS) is 13.5. The molecule has 4 N–H and O–H groups in total. The largest absolute Gasteiger partial charge is 0.370 e. The van der Waals surface area contributed by atoms with Crippen molar-refractivity contribution in [1.82, 2.24) is 0 Å². The summed E-state index contributed by atoms with van der Waals surface area (Å²) in [6.45, 7) is 2.08. The topological polar surface area (TPSA) is 69.1 Å². The predicted molar refractivity (Wildman–Crippen MR) is 50.5 cm³/mol. The van der Waals surface area contributed by atoms with Gasteiger partial charge in [-0.2, -0.15) is 0 Å². The number of hydrogen-bond donors (Lipinski definition) is 2. The maximum atomic E-state index is 10.4. The molecule has 0 rings (SSSR count). The van der Waals surface area contributed by atoms with Gasteiger partial charge in [-0.15, -0.1) is 0 Å². The van der Waals surface area contributed by atoms with Crippen LogP contribution in [0.15, 0.2) is 12.2 Å². The molecule has 0 aliphatic heterocycles. The molecule has 1 unspecified atom stereocenters. The van der Waals surface area contributed by atoms with Crippen LogP contribution in [0.25, 0.3) is 0 Å². The van der Waals surface area contributed by atoms with Crippen LogP contribution in [0.4, 0.5) is 0 Å². The first kappa shape index (κ1) is 11.2. The summed E-state index contributed by atoms with van der Waals surface area (Å²) in [4.78, 5) is 10.4. The monoisotopic (exact) mass is 170 g/mol. The average molecular weight is 170 g/mol. The number of nitrogens with two attached hydrogens (primary N) is 2. The van der Waals surface area contributed by atoms with E-state index in [1.165, 1.54) is 0 Å². The highest BCUT2D eigenvalue weighted by atomic mass is 16.1. The van der Waals surface area contributed by atoms with Crippen molar-refractivity contribution in [2.24, 2.45) is 11.5 Å². The Balaban J connectivity index is 3.37. The van der Waals surface area contributed by atoms with E-state index in [4.69, 9.17) is 11.5 Å². The Morgan fingerprint density at radius 3 is 2.67 bits per heavy atom. The van der Waals surface area contributed by atoms with Crippen molar-refractivity contribution >= 4 is 5.91 Å². The summed E-state index contributed by atoms with van der Waals surface area (Å²) in [5.41, 5.74) is 10.6. The fourth-order valence-electron chi connectivity index (χ4n) is 0.955. The summed E-state index contributed by atoms with van der Waals surface area (Å²) in [7, 11) is 0. The zero-order valence-electron chi connectivity index (χ0n) is 7.62. The van der Waals surface area contributed by atoms with Gasteiger partial charge >= 0.3 is 0 Å². The number of allylic oxidation sites excluding steroid dienone is 2. The van der Waals surface area contributed by atoms with Gasteiger partial charge in [-0.05, 0) is 19.3 Å². The molecule has 0 bridgehead atoms. The molecular formula is C9H18N2O. The van der Waals surface area contributed by atoms with Gasteiger partial charge in [-0.1, -0.05) is 19.1 Å². The smallest absolute Gasteiger partial charge is 0.218 e. The van der Waals surface area contributed by atoms with Crippen molar-refractivity contribution in [2.75, 3.05) is 0 Å². The third-order valence-electron chi connectivity index (χ3n) is 1.57. The molecule has 3 nitrogen and oxygen atoms in total. The van der Waals surface area contributed by atoms with Crippen LogP contribution in [-0.2, 0) is 4.79 Å². The van der Waals surface area contributed by atoms with Crippen LogP contribution < -0.4 is 11.5 Å². The summed E-state index contributed by atoms with van der Waals surface area (Å²) < 4.78 is 0. The summed E-state index contributed by atoms with van der Waals surface area (Å²) in [5, 5.41) is 0. The van der Waals surface area contributed by atoms with Crippen molar-refractivity contribution in [3.63, 3.8) is 0 Å². The summed E-state index contributed by atoms with van der Waals surface area (Å²) >= 11 is 0. The second kappa shape index (κ2) is 6.85. The fraction of sp³-hybridized carbons (Fsp3) is 0.667. The van der Waals surface area contributed by atoms with Crippen LogP contribution in [0.3, 0.4) is 0 Å². The van der Waals surface area contributed by atoms with Crippen molar-refractivity contribution in [3.05, 3.63) is 12.2 Å². The lowest BCUT2D eigenvalue weighted by atomic mass is 10.1. The van der Waals surface area contributed by atoms with Crippen molar-refractivity contribution < 1.29 is 4.79 Å². The van der Waals surface area contributed by atoms with Crippen LogP contribution in [0.2, 0.25) is 0 Å². The molecule has 0 spiro atoms. The lowest BCUT2D eigenvalue weighted by Crippen LogP contribution is -2.27. The maximum Gasteiger partial charge on any atom is 0.218 e. The molecule has 0 radical (unpaired) electrons. The molecule has 0 aliphatic rings. The van der Waals surface area contributed by atoms with Gasteiger partial charge in [-0.3, -0.25) is 4.79 Å². The predicted octanol–water partition coefficient (Wildman–Crippen LogP) is 0.935. The zero-order chi connectivity index (χ0) is 9.40. The summed E-state index contributed by atoms with van der Waals surface area (Å²) in [5.74, 6) is -0.318. The Hall–Kier alpha value is -0.830. The summed E-state index contributed by atoms with van der Waals surface area (Å²) in [6.07, 6.45) is 7.28. The molecule has 12 heavy (non-hydrogen) atoms. The molecule has 0 aromatic rings. The van der Waals surface area contributed by atoms with Crippen molar-refractivity contribution in [2.45, 2.75) is 38.6 Å². The zero-order valence-corrected chi connectivity index (χ0v) is 7.62. The van der Waals surface area contributed by atoms with Gasteiger partial charge in [0.25, 0.3) is 0 Å². The third-order valence-corrected chi connectivity index (χ3v) is 1.57. The number of rotatable bonds is 6. The molecule has 1 amide bonds. The van der Waals surface area contributed by atoms with Crippen LogP contribution in [0.1, 0.15) is 32.6 Å². The van der Waals surface area contributed by atoms with E-state index in [9.17, 15) is 4.79 Å². The molecule has 0 fully saturated rings. The molecule has 0 saturated heterocycles. The highest BCUT2D eigenvalue weighted by Gasteiger charge is 2.03. The molecule has 1 atom stereocenters. The van der Waals surface area contributed by atoms with Gasteiger partial charge in [0, 0.05) is 12.5 Å². The molecular weight excluding hydrogens is 152 g/mol. The van der Waals surface area contributed by atoms with Gasteiger partial charge in [0.15, 0.2) is 0 Å². The van der Waals surface area contributed by atoms with Gasteiger partial charge in [-0.25, -0.2) is 0 Å². The van der Waals surface area contributed by atoms with E-state index in [1.54, 1.807) is 0 Å². The second-order valence-corrected chi connectivity index (χ2v) is 2.89. The number of hydrogen-bond acceptors (Lipinski definition) is 2. The first-order valence-corrected chi connectivity index (χ1v) is 4.35. The van der Waals surface area contributed by atoms with Gasteiger partial charge in [0.2, 0.25) is 5.91 Å². The fourth-order valence-corrected chi connectivity index (χ4v) is 0.955. The highest BCUT2D eigenvalue weighted by Crippen LogP contribution is 1.99. The van der Waals surface area contributed by atoms with Crippen molar-refractivity contribution in [1.29, 1.82) is 0 Å². The molecule has 0 aliphatic carbocycles. The lowest BCUT2D eigenvalue weighted by Gasteiger charge is -2.05. The number of carbonyl (C=O) groups excluding carboxylic acids is 1. The van der Waals surface area contributed by atoms with E-state index in [0.717, 1.165) is 19.3 Å². The van der Waals surface area contributed by atoms with Crippen molar-refractivity contribution in [3.8, 4) is 0 Å². The summed E-state index contributed by atoms with van der Waals surface area (Å²) in [6, 6.07) is -0.0796. The molecule has 3 heteroatoms. The molecule has 70 valence electrons. The van der Waals surface area contributed by atoms with Gasteiger partial charge in [0.05, 0.1) is 0 Å². The lowest BCUT2D eigenvalue weighted by molar-refractivity contribution is -0.118. The Kier molecular flexibility index (Phi) is 6.38. The van der Waals surface area contributed by atoms with E-state index < -0.39 is 0 Å².